The standard InChI is InChI=1S/C14H15N3O/c1-10(11-7-8-11)14(18)13-9-15-16-17(13)12-5-3-2-4-6-12/h2-6,9-11H,7-8H2,1H3. The van der Waals surface area contributed by atoms with Crippen LogP contribution in [0.5, 0.6) is 0 Å². The zero-order valence-corrected chi connectivity index (χ0v) is 10.3. The second-order valence-corrected chi connectivity index (χ2v) is 4.86. The number of ketones is 1. The molecule has 2 aromatic rings. The normalized spacial score (nSPS) is 16.5. The van der Waals surface area contributed by atoms with Gasteiger partial charge in [0.25, 0.3) is 0 Å². The number of nitrogens with zero attached hydrogens (tertiary/aromatic N) is 3. The summed E-state index contributed by atoms with van der Waals surface area (Å²) in [6, 6.07) is 9.64. The Hall–Kier alpha value is -1.97. The van der Waals surface area contributed by atoms with Crippen molar-refractivity contribution in [3.63, 3.8) is 0 Å². The van der Waals surface area contributed by atoms with Gasteiger partial charge in [-0.05, 0) is 30.9 Å². The Morgan fingerprint density at radius 3 is 2.72 bits per heavy atom. The second-order valence-electron chi connectivity index (χ2n) is 4.86. The van der Waals surface area contributed by atoms with Crippen molar-refractivity contribution in [3.05, 3.63) is 42.2 Å². The first-order valence-electron chi connectivity index (χ1n) is 6.27. The summed E-state index contributed by atoms with van der Waals surface area (Å²) in [6.45, 7) is 2.00. The van der Waals surface area contributed by atoms with E-state index in [-0.39, 0.29) is 11.7 Å². The summed E-state index contributed by atoms with van der Waals surface area (Å²) >= 11 is 0. The molecule has 4 heteroatoms. The van der Waals surface area contributed by atoms with Crippen molar-refractivity contribution in [1.29, 1.82) is 0 Å². The lowest BCUT2D eigenvalue weighted by Crippen LogP contribution is -2.17. The van der Waals surface area contributed by atoms with Gasteiger partial charge in [0.1, 0.15) is 5.69 Å². The fraction of sp³-hybridized carbons (Fsp3) is 0.357. The van der Waals surface area contributed by atoms with Crippen molar-refractivity contribution in [3.8, 4) is 5.69 Å². The van der Waals surface area contributed by atoms with E-state index in [9.17, 15) is 4.79 Å². The summed E-state index contributed by atoms with van der Waals surface area (Å²) in [5.74, 6) is 0.772. The van der Waals surface area contributed by atoms with Gasteiger partial charge in [0.05, 0.1) is 11.9 Å². The van der Waals surface area contributed by atoms with Crippen LogP contribution in [-0.2, 0) is 0 Å². The summed E-state index contributed by atoms with van der Waals surface area (Å²) in [5.41, 5.74) is 1.46. The minimum atomic E-state index is 0.0750. The predicted octanol–water partition coefficient (Wildman–Crippen LogP) is 2.50. The maximum absolute atomic E-state index is 12.4. The average molecular weight is 241 g/mol. The van der Waals surface area contributed by atoms with Gasteiger partial charge < -0.3 is 0 Å². The van der Waals surface area contributed by atoms with E-state index in [1.54, 1.807) is 10.9 Å². The van der Waals surface area contributed by atoms with Crippen LogP contribution in [0.3, 0.4) is 0 Å². The number of para-hydroxylation sites is 1. The van der Waals surface area contributed by atoms with E-state index in [1.165, 1.54) is 12.8 Å². The summed E-state index contributed by atoms with van der Waals surface area (Å²) < 4.78 is 1.63. The third-order valence-electron chi connectivity index (χ3n) is 3.55. The lowest BCUT2D eigenvalue weighted by atomic mass is 9.99. The van der Waals surface area contributed by atoms with Crippen LogP contribution in [0.4, 0.5) is 0 Å². The second kappa shape index (κ2) is 4.37. The first kappa shape index (κ1) is 11.1. The summed E-state index contributed by atoms with van der Waals surface area (Å²) in [4.78, 5) is 12.4. The smallest absolute Gasteiger partial charge is 0.186 e. The fourth-order valence-corrected chi connectivity index (χ4v) is 2.21. The molecule has 1 saturated carbocycles. The van der Waals surface area contributed by atoms with E-state index in [2.05, 4.69) is 10.3 Å². The Morgan fingerprint density at radius 1 is 1.33 bits per heavy atom. The van der Waals surface area contributed by atoms with Gasteiger partial charge in [0.15, 0.2) is 5.78 Å². The molecule has 1 heterocycles. The molecule has 1 unspecified atom stereocenters. The number of carbonyl (C=O) groups is 1. The third-order valence-corrected chi connectivity index (χ3v) is 3.55. The highest BCUT2D eigenvalue weighted by Crippen LogP contribution is 2.38. The molecule has 1 atom stereocenters. The van der Waals surface area contributed by atoms with Crippen LogP contribution in [0, 0.1) is 11.8 Å². The van der Waals surface area contributed by atoms with Crippen LogP contribution in [0.2, 0.25) is 0 Å². The van der Waals surface area contributed by atoms with Gasteiger partial charge in [-0.15, -0.1) is 5.10 Å². The molecule has 1 aliphatic rings. The van der Waals surface area contributed by atoms with E-state index < -0.39 is 0 Å². The zero-order chi connectivity index (χ0) is 12.5. The molecule has 0 amide bonds. The Labute approximate surface area is 106 Å². The molecule has 4 nitrogen and oxygen atoms in total. The molecular formula is C14H15N3O. The van der Waals surface area contributed by atoms with Gasteiger partial charge in [-0.3, -0.25) is 4.79 Å². The number of Topliss-reactive ketones (excluding diaryl/α,β-unsaturated/α-hetero) is 1. The quantitative estimate of drug-likeness (QED) is 0.773. The highest BCUT2D eigenvalue weighted by atomic mass is 16.1. The van der Waals surface area contributed by atoms with Crippen molar-refractivity contribution in [1.82, 2.24) is 15.0 Å². The molecule has 1 aromatic carbocycles. The van der Waals surface area contributed by atoms with Gasteiger partial charge in [-0.2, -0.15) is 0 Å². The van der Waals surface area contributed by atoms with Crippen molar-refractivity contribution in [2.24, 2.45) is 11.8 Å². The fourth-order valence-electron chi connectivity index (χ4n) is 2.21. The average Bonchev–Trinajstić information content (AvgIpc) is 3.15. The monoisotopic (exact) mass is 241 g/mol. The van der Waals surface area contributed by atoms with Crippen molar-refractivity contribution >= 4 is 5.78 Å². The van der Waals surface area contributed by atoms with Gasteiger partial charge >= 0.3 is 0 Å². The SMILES string of the molecule is CC(C(=O)c1cnnn1-c1ccccc1)C1CC1. The first-order chi connectivity index (χ1) is 8.77. The molecule has 1 aromatic heterocycles. The summed E-state index contributed by atoms with van der Waals surface area (Å²) in [6.07, 6.45) is 3.90. The van der Waals surface area contributed by atoms with Crippen molar-refractivity contribution < 1.29 is 4.79 Å². The van der Waals surface area contributed by atoms with Crippen LogP contribution >= 0.6 is 0 Å². The minimum Gasteiger partial charge on any atom is -0.292 e. The topological polar surface area (TPSA) is 47.8 Å². The maximum atomic E-state index is 12.4. The molecule has 1 aliphatic carbocycles. The zero-order valence-electron chi connectivity index (χ0n) is 10.3. The Balaban J connectivity index is 1.94. The minimum absolute atomic E-state index is 0.0750. The Morgan fingerprint density at radius 2 is 2.06 bits per heavy atom. The van der Waals surface area contributed by atoms with Gasteiger partial charge in [0.2, 0.25) is 0 Å². The largest absolute Gasteiger partial charge is 0.292 e. The number of aromatic nitrogens is 3. The molecule has 0 bridgehead atoms. The molecule has 1 fully saturated rings. The van der Waals surface area contributed by atoms with Crippen LogP contribution in [0.15, 0.2) is 36.5 Å². The molecule has 18 heavy (non-hydrogen) atoms. The van der Waals surface area contributed by atoms with E-state index in [1.807, 2.05) is 37.3 Å². The molecule has 0 saturated heterocycles. The molecule has 92 valence electrons. The van der Waals surface area contributed by atoms with Crippen LogP contribution in [0.25, 0.3) is 5.69 Å². The summed E-state index contributed by atoms with van der Waals surface area (Å²) in [5, 5.41) is 7.89. The molecule has 0 radical (unpaired) electrons. The first-order valence-corrected chi connectivity index (χ1v) is 6.27. The Bertz CT molecular complexity index is 557. The molecule has 0 aliphatic heterocycles. The number of rotatable bonds is 4. The van der Waals surface area contributed by atoms with Gasteiger partial charge in [-0.1, -0.05) is 30.3 Å². The van der Waals surface area contributed by atoms with Crippen LogP contribution in [-0.4, -0.2) is 20.8 Å². The highest BCUT2D eigenvalue weighted by molar-refractivity contribution is 5.96. The van der Waals surface area contributed by atoms with Crippen molar-refractivity contribution in [2.75, 3.05) is 0 Å². The van der Waals surface area contributed by atoms with Gasteiger partial charge in [0, 0.05) is 5.92 Å². The lowest BCUT2D eigenvalue weighted by Gasteiger charge is -2.10. The highest BCUT2D eigenvalue weighted by Gasteiger charge is 2.34. The number of hydrogen-bond donors (Lipinski definition) is 0. The van der Waals surface area contributed by atoms with E-state index >= 15 is 0 Å². The maximum Gasteiger partial charge on any atom is 0.186 e. The predicted molar refractivity (Wildman–Crippen MR) is 67.6 cm³/mol. The number of hydrogen-bond acceptors (Lipinski definition) is 3. The van der Waals surface area contributed by atoms with E-state index in [4.69, 9.17) is 0 Å². The molecule has 3 rings (SSSR count). The van der Waals surface area contributed by atoms with E-state index in [0.717, 1.165) is 5.69 Å². The summed E-state index contributed by atoms with van der Waals surface area (Å²) in [7, 11) is 0. The Kier molecular flexibility index (Phi) is 2.70. The molecular weight excluding hydrogens is 226 g/mol. The van der Waals surface area contributed by atoms with Gasteiger partial charge in [-0.25, -0.2) is 4.68 Å². The lowest BCUT2D eigenvalue weighted by molar-refractivity contribution is 0.0908. The van der Waals surface area contributed by atoms with E-state index in [0.29, 0.717) is 11.6 Å². The number of benzene rings is 1. The third kappa shape index (κ3) is 1.94. The molecule has 0 N–H and O–H groups in total. The van der Waals surface area contributed by atoms with Crippen LogP contribution in [0.1, 0.15) is 30.3 Å². The molecule has 0 spiro atoms. The van der Waals surface area contributed by atoms with Crippen LogP contribution < -0.4 is 0 Å². The van der Waals surface area contributed by atoms with Crippen molar-refractivity contribution in [2.45, 2.75) is 19.8 Å². The number of carbonyl (C=O) groups excluding carboxylic acids is 1.